The van der Waals surface area contributed by atoms with Gasteiger partial charge in [0.1, 0.15) is 10.7 Å². The molecule has 0 saturated heterocycles. The maximum Gasteiger partial charge on any atom is 0.248 e. The Kier molecular flexibility index (Phi) is 5.23. The molecule has 0 aliphatic carbocycles. The molecule has 0 fully saturated rings. The lowest BCUT2D eigenvalue weighted by atomic mass is 10.2. The van der Waals surface area contributed by atoms with Crippen molar-refractivity contribution in [1.29, 1.82) is 0 Å². The van der Waals surface area contributed by atoms with Crippen molar-refractivity contribution in [2.75, 3.05) is 23.4 Å². The van der Waals surface area contributed by atoms with Crippen LogP contribution in [0.25, 0.3) is 0 Å². The lowest BCUT2D eigenvalue weighted by Gasteiger charge is -2.36. The van der Waals surface area contributed by atoms with Gasteiger partial charge in [0, 0.05) is 17.6 Å². The number of amides is 1. The molecule has 1 aliphatic heterocycles. The molecule has 30 heavy (non-hydrogen) atoms. The van der Waals surface area contributed by atoms with Gasteiger partial charge in [0.2, 0.25) is 15.9 Å². The van der Waals surface area contributed by atoms with E-state index in [-0.39, 0.29) is 17.3 Å². The van der Waals surface area contributed by atoms with Gasteiger partial charge in [0.05, 0.1) is 13.2 Å². The van der Waals surface area contributed by atoms with Crippen molar-refractivity contribution in [2.24, 2.45) is 0 Å². The third-order valence-corrected chi connectivity index (χ3v) is 6.50. The smallest absolute Gasteiger partial charge is 0.248 e. The average Bonchev–Trinajstić information content (AvgIpc) is 2.71. The highest BCUT2D eigenvalue weighted by molar-refractivity contribution is 7.89. The number of halogens is 1. The first-order valence-electron chi connectivity index (χ1n) is 9.19. The molecule has 4 rings (SSSR count). The summed E-state index contributed by atoms with van der Waals surface area (Å²) >= 11 is 0. The van der Waals surface area contributed by atoms with Crippen LogP contribution in [0, 0.1) is 12.7 Å². The van der Waals surface area contributed by atoms with E-state index >= 15 is 0 Å². The molecule has 2 aromatic carbocycles. The quantitative estimate of drug-likeness (QED) is 0.692. The first-order chi connectivity index (χ1) is 14.3. The summed E-state index contributed by atoms with van der Waals surface area (Å²) in [6, 6.07) is 16.0. The number of nitrogens with one attached hydrogen (secondary N) is 1. The molecule has 7 nitrogen and oxygen atoms in total. The second kappa shape index (κ2) is 7.85. The van der Waals surface area contributed by atoms with Crippen molar-refractivity contribution in [1.82, 2.24) is 9.29 Å². The lowest BCUT2D eigenvalue weighted by Crippen LogP contribution is -2.47. The van der Waals surface area contributed by atoms with Gasteiger partial charge in [-0.1, -0.05) is 23.8 Å². The Morgan fingerprint density at radius 3 is 2.63 bits per heavy atom. The van der Waals surface area contributed by atoms with Crippen molar-refractivity contribution in [2.45, 2.75) is 11.8 Å². The number of carbonyl (C=O) groups excluding carboxylic acids is 1. The largest absolute Gasteiger partial charge is 0.325 e. The molecule has 0 radical (unpaired) electrons. The number of benzene rings is 2. The zero-order chi connectivity index (χ0) is 21.3. The Balaban J connectivity index is 1.65. The summed E-state index contributed by atoms with van der Waals surface area (Å²) in [5, 5.41) is 2.53. The third kappa shape index (κ3) is 3.89. The first-order valence-corrected chi connectivity index (χ1v) is 10.6. The van der Waals surface area contributed by atoms with E-state index in [1.807, 2.05) is 31.2 Å². The van der Waals surface area contributed by atoms with E-state index in [0.717, 1.165) is 15.6 Å². The maximum atomic E-state index is 13.4. The number of nitrogens with zero attached hydrogens (tertiary/aromatic N) is 3. The van der Waals surface area contributed by atoms with Gasteiger partial charge in [-0.25, -0.2) is 17.8 Å². The van der Waals surface area contributed by atoms with Crippen LogP contribution in [0.4, 0.5) is 21.6 Å². The molecule has 3 aromatic rings. The van der Waals surface area contributed by atoms with Crippen molar-refractivity contribution >= 4 is 33.1 Å². The highest BCUT2D eigenvalue weighted by Crippen LogP contribution is 2.36. The lowest BCUT2D eigenvalue weighted by molar-refractivity contribution is -0.116. The Bertz CT molecular complexity index is 1200. The molecule has 2 heterocycles. The predicted molar refractivity (Wildman–Crippen MR) is 111 cm³/mol. The van der Waals surface area contributed by atoms with Gasteiger partial charge < -0.3 is 10.2 Å². The van der Waals surface area contributed by atoms with Gasteiger partial charge in [-0.2, -0.15) is 4.31 Å². The van der Waals surface area contributed by atoms with Crippen LogP contribution in [-0.4, -0.2) is 36.8 Å². The summed E-state index contributed by atoms with van der Waals surface area (Å²) in [4.78, 5) is 18.5. The number of hydrogen-bond donors (Lipinski definition) is 1. The number of anilines is 3. The number of pyridine rings is 1. The molecule has 0 unspecified atom stereocenters. The van der Waals surface area contributed by atoms with E-state index in [9.17, 15) is 17.6 Å². The van der Waals surface area contributed by atoms with Crippen molar-refractivity contribution in [3.8, 4) is 0 Å². The SMILES string of the molecule is Cc1ccc(N2CN(CC(=O)Nc3cccc(F)c3)S(=O)(=O)c3cccnc32)cc1. The predicted octanol–water partition coefficient (Wildman–Crippen LogP) is 3.27. The maximum absolute atomic E-state index is 13.4. The Morgan fingerprint density at radius 2 is 1.90 bits per heavy atom. The minimum atomic E-state index is -3.93. The molecule has 1 aliphatic rings. The van der Waals surface area contributed by atoms with E-state index in [0.29, 0.717) is 5.82 Å². The van der Waals surface area contributed by atoms with Crippen LogP contribution in [0.15, 0.2) is 71.8 Å². The van der Waals surface area contributed by atoms with Crippen LogP contribution in [0.3, 0.4) is 0 Å². The summed E-state index contributed by atoms with van der Waals surface area (Å²) in [5.74, 6) is -0.757. The summed E-state index contributed by atoms with van der Waals surface area (Å²) in [5.41, 5.74) is 2.08. The molecule has 0 atom stereocenters. The van der Waals surface area contributed by atoms with Gasteiger partial charge in [-0.3, -0.25) is 4.79 Å². The van der Waals surface area contributed by atoms with E-state index in [1.54, 1.807) is 11.0 Å². The van der Waals surface area contributed by atoms with Crippen LogP contribution in [0.2, 0.25) is 0 Å². The Morgan fingerprint density at radius 1 is 1.13 bits per heavy atom. The molecule has 154 valence electrons. The number of rotatable bonds is 4. The summed E-state index contributed by atoms with van der Waals surface area (Å²) < 4.78 is 40.6. The number of aromatic nitrogens is 1. The van der Waals surface area contributed by atoms with Gasteiger partial charge in [-0.05, 0) is 49.4 Å². The number of hydrogen-bond acceptors (Lipinski definition) is 5. The second-order valence-corrected chi connectivity index (χ2v) is 8.81. The monoisotopic (exact) mass is 426 g/mol. The minimum Gasteiger partial charge on any atom is -0.325 e. The van der Waals surface area contributed by atoms with Crippen molar-refractivity contribution in [3.05, 3.63) is 78.2 Å². The molecule has 1 aromatic heterocycles. The number of sulfonamides is 1. The van der Waals surface area contributed by atoms with Gasteiger partial charge in [0.25, 0.3) is 0 Å². The fourth-order valence-corrected chi connectivity index (χ4v) is 4.69. The van der Waals surface area contributed by atoms with Crippen LogP contribution < -0.4 is 10.2 Å². The first kappa shape index (κ1) is 20.0. The van der Waals surface area contributed by atoms with Crippen LogP contribution in [0.5, 0.6) is 0 Å². The fourth-order valence-electron chi connectivity index (χ4n) is 3.22. The minimum absolute atomic E-state index is 0.0235. The Hall–Kier alpha value is -3.30. The zero-order valence-corrected chi connectivity index (χ0v) is 16.9. The number of carbonyl (C=O) groups is 1. The molecular weight excluding hydrogens is 407 g/mol. The standard InChI is InChI=1S/C21H19FN4O3S/c1-15-7-9-18(10-8-15)26-14-25(30(28,29)19-6-3-11-23-21(19)26)13-20(27)24-17-5-2-4-16(22)12-17/h2-12H,13-14H2,1H3,(H,24,27). The van der Waals surface area contributed by atoms with E-state index in [1.165, 1.54) is 36.5 Å². The molecule has 0 saturated carbocycles. The normalized spacial score (nSPS) is 15.5. The zero-order valence-electron chi connectivity index (χ0n) is 16.1. The van der Waals surface area contributed by atoms with Gasteiger partial charge >= 0.3 is 0 Å². The summed E-state index contributed by atoms with van der Waals surface area (Å²) in [6.45, 7) is 1.46. The van der Waals surface area contributed by atoms with Gasteiger partial charge in [0.15, 0.2) is 5.82 Å². The van der Waals surface area contributed by atoms with E-state index < -0.39 is 28.3 Å². The molecule has 9 heteroatoms. The number of aryl methyl sites for hydroxylation is 1. The van der Waals surface area contributed by atoms with Crippen LogP contribution in [0.1, 0.15) is 5.56 Å². The number of fused-ring (bicyclic) bond motifs is 1. The molecule has 1 N–H and O–H groups in total. The van der Waals surface area contributed by atoms with E-state index in [2.05, 4.69) is 10.3 Å². The van der Waals surface area contributed by atoms with Crippen LogP contribution >= 0.6 is 0 Å². The molecule has 1 amide bonds. The average molecular weight is 426 g/mol. The molecule has 0 bridgehead atoms. The summed E-state index contributed by atoms with van der Waals surface area (Å²) in [7, 11) is -3.93. The second-order valence-electron chi connectivity index (χ2n) is 6.90. The van der Waals surface area contributed by atoms with Crippen molar-refractivity contribution < 1.29 is 17.6 Å². The van der Waals surface area contributed by atoms with E-state index in [4.69, 9.17) is 0 Å². The third-order valence-electron chi connectivity index (χ3n) is 4.70. The highest BCUT2D eigenvalue weighted by atomic mass is 32.2. The highest BCUT2D eigenvalue weighted by Gasteiger charge is 2.37. The topological polar surface area (TPSA) is 82.6 Å². The molecule has 0 spiro atoms. The van der Waals surface area contributed by atoms with Crippen molar-refractivity contribution in [3.63, 3.8) is 0 Å². The fraction of sp³-hybridized carbons (Fsp3) is 0.143. The van der Waals surface area contributed by atoms with Crippen LogP contribution in [-0.2, 0) is 14.8 Å². The Labute approximate surface area is 173 Å². The summed E-state index contributed by atoms with van der Waals surface area (Å²) in [6.07, 6.45) is 1.53. The molecular formula is C21H19FN4O3S. The van der Waals surface area contributed by atoms with Gasteiger partial charge in [-0.15, -0.1) is 0 Å².